The van der Waals surface area contributed by atoms with Crippen LogP contribution in [0.15, 0.2) is 6.33 Å². The summed E-state index contributed by atoms with van der Waals surface area (Å²) in [4.78, 5) is 14.1. The molecular formula is C17H26N4S. The van der Waals surface area contributed by atoms with E-state index in [0.717, 1.165) is 42.7 Å². The minimum atomic E-state index is 0.772. The lowest BCUT2D eigenvalue weighted by atomic mass is 9.88. The Bertz CT molecular complexity index is 633. The van der Waals surface area contributed by atoms with E-state index in [2.05, 4.69) is 41.0 Å². The van der Waals surface area contributed by atoms with Crippen LogP contribution in [0.1, 0.15) is 37.6 Å². The summed E-state index contributed by atoms with van der Waals surface area (Å²) in [5.41, 5.74) is 1.50. The minimum Gasteiger partial charge on any atom is -0.368 e. The van der Waals surface area contributed by atoms with E-state index in [1.807, 2.05) is 11.3 Å². The summed E-state index contributed by atoms with van der Waals surface area (Å²) in [7, 11) is 0. The van der Waals surface area contributed by atoms with Gasteiger partial charge in [-0.15, -0.1) is 11.3 Å². The van der Waals surface area contributed by atoms with Crippen LogP contribution in [0, 0.1) is 5.92 Å². The molecule has 1 atom stereocenters. The fourth-order valence-corrected chi connectivity index (χ4v) is 4.47. The molecule has 0 bridgehead atoms. The maximum absolute atomic E-state index is 4.53. The summed E-state index contributed by atoms with van der Waals surface area (Å²) in [6.45, 7) is 11.0. The Hall–Kier alpha value is -1.20. The summed E-state index contributed by atoms with van der Waals surface area (Å²) in [5, 5.41) is 4.84. The first kappa shape index (κ1) is 15.7. The lowest BCUT2D eigenvalue weighted by molar-refractivity contribution is 0.316. The summed E-state index contributed by atoms with van der Waals surface area (Å²) in [6, 6.07) is 0. The van der Waals surface area contributed by atoms with Crippen LogP contribution in [-0.4, -0.2) is 41.0 Å². The van der Waals surface area contributed by atoms with Crippen molar-refractivity contribution in [1.82, 2.24) is 14.9 Å². The van der Waals surface area contributed by atoms with Crippen molar-refractivity contribution in [3.8, 4) is 0 Å². The second-order valence-corrected chi connectivity index (χ2v) is 7.29. The van der Waals surface area contributed by atoms with Gasteiger partial charge < -0.3 is 10.2 Å². The van der Waals surface area contributed by atoms with E-state index in [1.54, 1.807) is 6.33 Å². The van der Waals surface area contributed by atoms with E-state index < -0.39 is 0 Å². The summed E-state index contributed by atoms with van der Waals surface area (Å²) >= 11 is 1.86. The number of hydrogen-bond donors (Lipinski definition) is 1. The Kier molecular flexibility index (Phi) is 4.93. The molecule has 22 heavy (non-hydrogen) atoms. The predicted octanol–water partition coefficient (Wildman–Crippen LogP) is 3.57. The van der Waals surface area contributed by atoms with Gasteiger partial charge in [0.05, 0.1) is 5.39 Å². The van der Waals surface area contributed by atoms with Gasteiger partial charge in [-0.05, 0) is 43.8 Å². The van der Waals surface area contributed by atoms with Gasteiger partial charge in [0.2, 0.25) is 0 Å². The lowest BCUT2D eigenvalue weighted by Gasteiger charge is -2.20. The normalized spacial score (nSPS) is 17.9. The van der Waals surface area contributed by atoms with Crippen molar-refractivity contribution in [3.05, 3.63) is 16.8 Å². The third kappa shape index (κ3) is 3.10. The lowest BCUT2D eigenvalue weighted by Crippen LogP contribution is -2.28. The fourth-order valence-electron chi connectivity index (χ4n) is 3.29. The first-order valence-electron chi connectivity index (χ1n) is 8.44. The predicted molar refractivity (Wildman–Crippen MR) is 94.9 cm³/mol. The Morgan fingerprint density at radius 2 is 2.14 bits per heavy atom. The molecule has 1 aliphatic carbocycles. The highest BCUT2D eigenvalue weighted by atomic mass is 32.1. The molecular weight excluding hydrogens is 292 g/mol. The molecule has 5 heteroatoms. The van der Waals surface area contributed by atoms with Gasteiger partial charge in [0.15, 0.2) is 0 Å². The van der Waals surface area contributed by atoms with Gasteiger partial charge in [0.25, 0.3) is 0 Å². The van der Waals surface area contributed by atoms with Crippen LogP contribution in [0.3, 0.4) is 0 Å². The molecule has 0 spiro atoms. The first-order chi connectivity index (χ1) is 10.7. The summed E-state index contributed by atoms with van der Waals surface area (Å²) < 4.78 is 0. The van der Waals surface area contributed by atoms with Crippen molar-refractivity contribution in [1.29, 1.82) is 0 Å². The van der Waals surface area contributed by atoms with E-state index in [1.165, 1.54) is 35.1 Å². The van der Waals surface area contributed by atoms with Gasteiger partial charge in [-0.25, -0.2) is 9.97 Å². The second-order valence-electron chi connectivity index (χ2n) is 6.21. The van der Waals surface area contributed by atoms with Crippen LogP contribution < -0.4 is 5.32 Å². The van der Waals surface area contributed by atoms with Gasteiger partial charge in [-0.3, -0.25) is 0 Å². The van der Waals surface area contributed by atoms with Gasteiger partial charge in [-0.2, -0.15) is 0 Å². The van der Waals surface area contributed by atoms with Crippen molar-refractivity contribution < 1.29 is 0 Å². The number of likely N-dealkylation sites (N-methyl/N-ethyl adjacent to an activating group) is 1. The van der Waals surface area contributed by atoms with Crippen LogP contribution in [-0.2, 0) is 12.8 Å². The molecule has 2 aromatic rings. The average molecular weight is 318 g/mol. The van der Waals surface area contributed by atoms with E-state index in [-0.39, 0.29) is 0 Å². The van der Waals surface area contributed by atoms with Crippen molar-refractivity contribution in [2.75, 3.05) is 31.5 Å². The number of thiophene rings is 1. The second kappa shape index (κ2) is 6.92. The average Bonchev–Trinajstić information content (AvgIpc) is 2.90. The Labute approximate surface area is 137 Å². The summed E-state index contributed by atoms with van der Waals surface area (Å²) in [6.07, 6.45) is 5.38. The fraction of sp³-hybridized carbons (Fsp3) is 0.647. The van der Waals surface area contributed by atoms with Gasteiger partial charge >= 0.3 is 0 Å². The Balaban J connectivity index is 1.82. The van der Waals surface area contributed by atoms with Crippen molar-refractivity contribution >= 4 is 27.4 Å². The molecule has 4 nitrogen and oxygen atoms in total. The number of hydrogen-bond acceptors (Lipinski definition) is 5. The number of aromatic nitrogens is 2. The van der Waals surface area contributed by atoms with E-state index in [9.17, 15) is 0 Å². The topological polar surface area (TPSA) is 41.0 Å². The molecule has 3 rings (SSSR count). The number of anilines is 1. The summed E-state index contributed by atoms with van der Waals surface area (Å²) in [5.74, 6) is 1.80. The van der Waals surface area contributed by atoms with Crippen LogP contribution in [0.5, 0.6) is 0 Å². The first-order valence-corrected chi connectivity index (χ1v) is 9.26. The standard InChI is InChI=1S/C17H26N4S/c1-4-21(5-2)9-8-18-16-15-13-10-12(3)6-7-14(13)22-17(15)20-11-19-16/h11-12H,4-10H2,1-3H3,(H,18,19,20)/t12-/m1/s1. The monoisotopic (exact) mass is 318 g/mol. The molecule has 120 valence electrons. The molecule has 0 fully saturated rings. The number of nitrogens with one attached hydrogen (secondary N) is 1. The number of rotatable bonds is 6. The molecule has 0 amide bonds. The van der Waals surface area contributed by atoms with Crippen LogP contribution >= 0.6 is 11.3 Å². The Morgan fingerprint density at radius 1 is 1.32 bits per heavy atom. The molecule has 2 aromatic heterocycles. The van der Waals surface area contributed by atoms with Crippen molar-refractivity contribution in [2.45, 2.75) is 40.0 Å². The van der Waals surface area contributed by atoms with Crippen LogP contribution in [0.2, 0.25) is 0 Å². The molecule has 0 saturated carbocycles. The molecule has 0 unspecified atom stereocenters. The third-order valence-electron chi connectivity index (χ3n) is 4.70. The van der Waals surface area contributed by atoms with E-state index in [4.69, 9.17) is 0 Å². The number of fused-ring (bicyclic) bond motifs is 3. The number of nitrogens with zero attached hydrogens (tertiary/aromatic N) is 3. The van der Waals surface area contributed by atoms with Crippen molar-refractivity contribution in [3.63, 3.8) is 0 Å². The minimum absolute atomic E-state index is 0.772. The highest BCUT2D eigenvalue weighted by Gasteiger charge is 2.23. The van der Waals surface area contributed by atoms with Gasteiger partial charge in [0.1, 0.15) is 17.0 Å². The molecule has 1 aliphatic rings. The molecule has 0 radical (unpaired) electrons. The van der Waals surface area contributed by atoms with E-state index in [0.29, 0.717) is 0 Å². The molecule has 0 saturated heterocycles. The highest BCUT2D eigenvalue weighted by Crippen LogP contribution is 2.39. The highest BCUT2D eigenvalue weighted by molar-refractivity contribution is 7.19. The van der Waals surface area contributed by atoms with Gasteiger partial charge in [0, 0.05) is 18.0 Å². The largest absolute Gasteiger partial charge is 0.368 e. The zero-order valence-electron chi connectivity index (χ0n) is 13.9. The zero-order valence-corrected chi connectivity index (χ0v) is 14.7. The zero-order chi connectivity index (χ0) is 15.5. The molecule has 0 aromatic carbocycles. The molecule has 1 N–H and O–H groups in total. The van der Waals surface area contributed by atoms with Crippen LogP contribution in [0.4, 0.5) is 5.82 Å². The van der Waals surface area contributed by atoms with Crippen LogP contribution in [0.25, 0.3) is 10.2 Å². The van der Waals surface area contributed by atoms with E-state index >= 15 is 0 Å². The van der Waals surface area contributed by atoms with Gasteiger partial charge in [-0.1, -0.05) is 20.8 Å². The quantitative estimate of drug-likeness (QED) is 0.884. The third-order valence-corrected chi connectivity index (χ3v) is 5.90. The van der Waals surface area contributed by atoms with Crippen molar-refractivity contribution in [2.24, 2.45) is 5.92 Å². The Morgan fingerprint density at radius 3 is 2.91 bits per heavy atom. The maximum Gasteiger partial charge on any atom is 0.138 e. The maximum atomic E-state index is 4.53. The number of aryl methyl sites for hydroxylation is 1. The SMILES string of the molecule is CCN(CC)CCNc1ncnc2sc3c(c12)C[C@H](C)CC3. The smallest absolute Gasteiger partial charge is 0.138 e. The molecule has 2 heterocycles. The molecule has 0 aliphatic heterocycles.